The average Bonchev–Trinajstić information content (AvgIpc) is 3.46. The van der Waals surface area contributed by atoms with Crippen LogP contribution in [0.1, 0.15) is 11.4 Å². The molecular weight excluding hydrogens is 485 g/mol. The highest BCUT2D eigenvalue weighted by atomic mass is 35.5. The monoisotopic (exact) mass is 503 g/mol. The van der Waals surface area contributed by atoms with Crippen molar-refractivity contribution in [3.63, 3.8) is 0 Å². The normalized spacial score (nSPS) is 10.2. The molecule has 0 saturated heterocycles. The largest absolute Gasteiger partial charge is 0.396 e. The van der Waals surface area contributed by atoms with E-state index < -0.39 is 0 Å². The van der Waals surface area contributed by atoms with E-state index in [0.29, 0.717) is 24.4 Å². The van der Waals surface area contributed by atoms with Crippen molar-refractivity contribution in [2.75, 3.05) is 13.2 Å². The van der Waals surface area contributed by atoms with Crippen LogP contribution in [0.15, 0.2) is 64.4 Å². The molecule has 0 atom stereocenters. The summed E-state index contributed by atoms with van der Waals surface area (Å²) in [6.45, 7) is 0.587. The Morgan fingerprint density at radius 1 is 0.812 bits per heavy atom. The molecular formula is C22H19Cl2N5OS2. The number of benzene rings is 2. The average molecular weight is 504 g/mol. The minimum absolute atomic E-state index is 0.143. The highest BCUT2D eigenvalue weighted by Gasteiger charge is 2.05. The first-order chi connectivity index (χ1) is 15.6. The zero-order valence-corrected chi connectivity index (χ0v) is 20.0. The molecule has 2 heterocycles. The maximum Gasteiger partial charge on any atom is 0.123 e. The lowest BCUT2D eigenvalue weighted by Gasteiger charge is -1.95. The van der Waals surface area contributed by atoms with Gasteiger partial charge in [-0.05, 0) is 36.2 Å². The Bertz CT molecular complexity index is 1170. The fourth-order valence-corrected chi connectivity index (χ4v) is 4.59. The summed E-state index contributed by atoms with van der Waals surface area (Å²) in [6.07, 6.45) is 1.29. The summed E-state index contributed by atoms with van der Waals surface area (Å²) in [5.74, 6) is 0. The molecule has 0 fully saturated rings. The quantitative estimate of drug-likeness (QED) is 0.162. The number of aliphatic hydroxyl groups is 1. The number of aromatic nitrogens is 2. The molecule has 10 heteroatoms. The lowest BCUT2D eigenvalue weighted by molar-refractivity contribution is 0.298. The maximum atomic E-state index is 8.78. The van der Waals surface area contributed by atoms with E-state index in [4.69, 9.17) is 33.8 Å². The molecule has 2 aromatic carbocycles. The van der Waals surface area contributed by atoms with Crippen LogP contribution in [-0.4, -0.2) is 28.2 Å². The molecule has 0 amide bonds. The molecule has 2 aromatic heterocycles. The molecule has 0 aliphatic carbocycles. The van der Waals surface area contributed by atoms with Crippen LogP contribution in [0, 0.1) is 0 Å². The van der Waals surface area contributed by atoms with Crippen LogP contribution in [0.2, 0.25) is 10.0 Å². The standard InChI is InChI=1S/C11H9ClN4S.C11H10ClNOS/c12-9-3-1-8(2-4-9)11-15-10(7-17-11)5-6-14-16-13;12-9-3-1-8(2-4-9)11-13-10(5-6-14)7-15-11/h1-4,7H,5-6H2;1-4,7,14H,5-6H2. The third-order valence-corrected chi connectivity index (χ3v) is 6.57. The first-order valence-corrected chi connectivity index (χ1v) is 12.1. The summed E-state index contributed by atoms with van der Waals surface area (Å²) in [4.78, 5) is 11.6. The van der Waals surface area contributed by atoms with Crippen molar-refractivity contribution in [1.29, 1.82) is 0 Å². The Morgan fingerprint density at radius 3 is 1.72 bits per heavy atom. The van der Waals surface area contributed by atoms with E-state index in [0.717, 1.165) is 37.6 Å². The van der Waals surface area contributed by atoms with Gasteiger partial charge in [-0.3, -0.25) is 0 Å². The van der Waals surface area contributed by atoms with E-state index in [1.807, 2.05) is 59.3 Å². The minimum Gasteiger partial charge on any atom is -0.396 e. The molecule has 4 aromatic rings. The highest BCUT2D eigenvalue weighted by Crippen LogP contribution is 2.26. The second-order valence-corrected chi connectivity index (χ2v) is 9.07. The number of halogens is 2. The molecule has 0 aliphatic heterocycles. The van der Waals surface area contributed by atoms with Gasteiger partial charge < -0.3 is 5.11 Å². The third kappa shape index (κ3) is 7.31. The van der Waals surface area contributed by atoms with Crippen LogP contribution in [0.3, 0.4) is 0 Å². The molecule has 0 radical (unpaired) electrons. The van der Waals surface area contributed by atoms with Crippen molar-refractivity contribution in [3.05, 3.63) is 91.2 Å². The van der Waals surface area contributed by atoms with Gasteiger partial charge in [-0.15, -0.1) is 22.7 Å². The van der Waals surface area contributed by atoms with Crippen molar-refractivity contribution in [3.8, 4) is 21.1 Å². The topological polar surface area (TPSA) is 94.8 Å². The van der Waals surface area contributed by atoms with Gasteiger partial charge >= 0.3 is 0 Å². The van der Waals surface area contributed by atoms with Gasteiger partial charge in [0.05, 0.1) is 11.4 Å². The van der Waals surface area contributed by atoms with Gasteiger partial charge in [-0.1, -0.05) is 52.6 Å². The predicted molar refractivity (Wildman–Crippen MR) is 134 cm³/mol. The second-order valence-electron chi connectivity index (χ2n) is 6.48. The number of rotatable bonds is 7. The molecule has 164 valence electrons. The SMILES string of the molecule is OCCc1csc(-c2ccc(Cl)cc2)n1.[N-]=[N+]=NCCc1csc(-c2ccc(Cl)cc2)n1. The maximum absolute atomic E-state index is 8.78. The van der Waals surface area contributed by atoms with Crippen molar-refractivity contribution in [2.24, 2.45) is 5.11 Å². The lowest BCUT2D eigenvalue weighted by atomic mass is 10.2. The van der Waals surface area contributed by atoms with Crippen molar-refractivity contribution in [2.45, 2.75) is 12.8 Å². The van der Waals surface area contributed by atoms with Crippen molar-refractivity contribution >= 4 is 45.9 Å². The number of hydrogen-bond acceptors (Lipinski definition) is 6. The molecule has 0 unspecified atom stereocenters. The van der Waals surface area contributed by atoms with Gasteiger partial charge in [-0.25, -0.2) is 9.97 Å². The van der Waals surface area contributed by atoms with Crippen LogP contribution in [0.4, 0.5) is 0 Å². The zero-order valence-electron chi connectivity index (χ0n) is 16.9. The molecule has 1 N–H and O–H groups in total. The molecule has 0 saturated carbocycles. The van der Waals surface area contributed by atoms with Crippen LogP contribution < -0.4 is 0 Å². The molecule has 32 heavy (non-hydrogen) atoms. The Kier molecular flexibility index (Phi) is 9.49. The Morgan fingerprint density at radius 2 is 1.28 bits per heavy atom. The summed E-state index contributed by atoms with van der Waals surface area (Å²) in [7, 11) is 0. The van der Waals surface area contributed by atoms with E-state index >= 15 is 0 Å². The number of nitrogens with zero attached hydrogens (tertiary/aromatic N) is 5. The predicted octanol–water partition coefficient (Wildman–Crippen LogP) is 7.31. The van der Waals surface area contributed by atoms with E-state index in [1.54, 1.807) is 22.7 Å². The fraction of sp³-hybridized carbons (Fsp3) is 0.182. The number of thiazole rings is 2. The van der Waals surface area contributed by atoms with E-state index in [1.165, 1.54) is 0 Å². The smallest absolute Gasteiger partial charge is 0.123 e. The first kappa shape index (κ1) is 24.2. The minimum atomic E-state index is 0.143. The zero-order chi connectivity index (χ0) is 22.8. The molecule has 6 nitrogen and oxygen atoms in total. The van der Waals surface area contributed by atoms with Gasteiger partial charge in [0.2, 0.25) is 0 Å². The first-order valence-electron chi connectivity index (χ1n) is 9.61. The second kappa shape index (κ2) is 12.6. The summed E-state index contributed by atoms with van der Waals surface area (Å²) < 4.78 is 0. The Hall–Kier alpha value is -2.45. The summed E-state index contributed by atoms with van der Waals surface area (Å²) in [5, 5.41) is 19.6. The number of azide groups is 1. The van der Waals surface area contributed by atoms with Gasteiger partial charge in [0.25, 0.3) is 0 Å². The van der Waals surface area contributed by atoms with E-state index in [-0.39, 0.29) is 6.61 Å². The van der Waals surface area contributed by atoms with Crippen molar-refractivity contribution < 1.29 is 5.11 Å². The molecule has 0 bridgehead atoms. The molecule has 0 spiro atoms. The molecule has 0 aliphatic rings. The molecule has 4 rings (SSSR count). The third-order valence-electron chi connectivity index (χ3n) is 4.18. The van der Waals surface area contributed by atoms with Crippen molar-refractivity contribution in [1.82, 2.24) is 9.97 Å². The van der Waals surface area contributed by atoms with E-state index in [9.17, 15) is 0 Å². The van der Waals surface area contributed by atoms with Crippen LogP contribution in [0.5, 0.6) is 0 Å². The highest BCUT2D eigenvalue weighted by molar-refractivity contribution is 7.13. The summed E-state index contributed by atoms with van der Waals surface area (Å²) >= 11 is 14.8. The number of aliphatic hydroxyl groups excluding tert-OH is 1. The van der Waals surface area contributed by atoms with Gasteiger partial charge in [-0.2, -0.15) is 0 Å². The van der Waals surface area contributed by atoms with Crippen LogP contribution >= 0.6 is 45.9 Å². The van der Waals surface area contributed by atoms with Gasteiger partial charge in [0.1, 0.15) is 10.0 Å². The van der Waals surface area contributed by atoms with Gasteiger partial charge in [0, 0.05) is 56.4 Å². The van der Waals surface area contributed by atoms with Crippen LogP contribution in [0.25, 0.3) is 31.6 Å². The Labute approximate surface area is 203 Å². The lowest BCUT2D eigenvalue weighted by Crippen LogP contribution is -1.90. The summed E-state index contributed by atoms with van der Waals surface area (Å²) in [6, 6.07) is 15.2. The van der Waals surface area contributed by atoms with E-state index in [2.05, 4.69) is 20.0 Å². The summed E-state index contributed by atoms with van der Waals surface area (Å²) in [5.41, 5.74) is 12.2. The van der Waals surface area contributed by atoms with Gasteiger partial charge in [0.15, 0.2) is 0 Å². The number of hydrogen-bond donors (Lipinski definition) is 1. The Balaban J connectivity index is 0.000000182. The fourth-order valence-electron chi connectivity index (χ4n) is 2.62. The van der Waals surface area contributed by atoms with Crippen LogP contribution in [-0.2, 0) is 12.8 Å².